The molecule has 0 amide bonds. The molecule has 86 valence electrons. The van der Waals surface area contributed by atoms with Crippen LogP contribution in [0.5, 0.6) is 5.75 Å². The normalized spacial score (nSPS) is 9.69. The molecular weight excluding hydrogens is 247 g/mol. The first kappa shape index (κ1) is 13.0. The van der Waals surface area contributed by atoms with E-state index < -0.39 is 0 Å². The highest BCUT2D eigenvalue weighted by Gasteiger charge is 2.10. The molecule has 1 aromatic rings. The second-order valence-electron chi connectivity index (χ2n) is 3.33. The molecule has 0 bridgehead atoms. The number of hydrogen-bond donors (Lipinski definition) is 0. The average molecular weight is 259 g/mol. The summed E-state index contributed by atoms with van der Waals surface area (Å²) in [6.45, 7) is 0.610. The minimum atomic E-state index is 0.418. The van der Waals surface area contributed by atoms with E-state index in [1.54, 1.807) is 20.2 Å². The van der Waals surface area contributed by atoms with E-state index in [2.05, 4.69) is 0 Å². The topological polar surface area (TPSA) is 36.3 Å². The quantitative estimate of drug-likeness (QED) is 0.616. The lowest BCUT2D eigenvalue weighted by Gasteiger charge is -2.12. The Morgan fingerprint density at radius 2 is 2.06 bits per heavy atom. The van der Waals surface area contributed by atoms with Gasteiger partial charge >= 0.3 is 0 Å². The van der Waals surface area contributed by atoms with Gasteiger partial charge in [0.1, 0.15) is 10.8 Å². The molecule has 5 heteroatoms. The fourth-order valence-corrected chi connectivity index (χ4v) is 1.77. The predicted octanol–water partition coefficient (Wildman–Crippen LogP) is 2.96. The number of methoxy groups -OCH3 is 1. The van der Waals surface area contributed by atoms with Gasteiger partial charge < -0.3 is 9.64 Å². The second kappa shape index (κ2) is 5.83. The molecule has 0 aromatic heterocycles. The molecule has 0 unspecified atom stereocenters. The van der Waals surface area contributed by atoms with Gasteiger partial charge in [-0.05, 0) is 18.1 Å². The second-order valence-corrected chi connectivity index (χ2v) is 4.08. The van der Waals surface area contributed by atoms with Gasteiger partial charge in [0, 0.05) is 13.6 Å². The molecule has 16 heavy (non-hydrogen) atoms. The van der Waals surface area contributed by atoms with Crippen molar-refractivity contribution in [2.45, 2.75) is 6.42 Å². The van der Waals surface area contributed by atoms with E-state index in [-0.39, 0.29) is 0 Å². The molecule has 0 fully saturated rings. The predicted molar refractivity (Wildman–Crippen MR) is 65.0 cm³/mol. The number of rotatable bonds is 4. The highest BCUT2D eigenvalue weighted by molar-refractivity contribution is 6.43. The summed E-state index contributed by atoms with van der Waals surface area (Å²) in [5.41, 5.74) is 0.912. The van der Waals surface area contributed by atoms with Crippen molar-refractivity contribution >= 4 is 23.2 Å². The molecule has 0 saturated heterocycles. The Bertz CT molecular complexity index is 415. The van der Waals surface area contributed by atoms with Crippen molar-refractivity contribution in [3.63, 3.8) is 0 Å². The summed E-state index contributed by atoms with van der Waals surface area (Å²) in [7, 11) is 3.26. The summed E-state index contributed by atoms with van der Waals surface area (Å²) in [6, 6.07) is 3.63. The van der Waals surface area contributed by atoms with Crippen LogP contribution in [-0.2, 0) is 6.42 Å². The van der Waals surface area contributed by atoms with E-state index >= 15 is 0 Å². The fourth-order valence-electron chi connectivity index (χ4n) is 1.26. The molecule has 0 N–H and O–H groups in total. The third-order valence-electron chi connectivity index (χ3n) is 2.23. The van der Waals surface area contributed by atoms with Gasteiger partial charge in [-0.2, -0.15) is 5.26 Å². The van der Waals surface area contributed by atoms with E-state index in [0.29, 0.717) is 28.8 Å². The lowest BCUT2D eigenvalue weighted by Crippen LogP contribution is -2.14. The molecule has 0 saturated carbocycles. The lowest BCUT2D eigenvalue weighted by molar-refractivity contribution is 0.414. The van der Waals surface area contributed by atoms with E-state index in [1.807, 2.05) is 12.3 Å². The number of hydrogen-bond acceptors (Lipinski definition) is 3. The smallest absolute Gasteiger partial charge is 0.179 e. The summed E-state index contributed by atoms with van der Waals surface area (Å²) in [6.07, 6.45) is 2.70. The van der Waals surface area contributed by atoms with Gasteiger partial charge in [-0.15, -0.1) is 0 Å². The first-order chi connectivity index (χ1) is 7.60. The van der Waals surface area contributed by atoms with Crippen molar-refractivity contribution in [2.24, 2.45) is 0 Å². The number of nitrogens with zero attached hydrogens (tertiary/aromatic N) is 2. The highest BCUT2D eigenvalue weighted by atomic mass is 35.5. The number of halogens is 2. The van der Waals surface area contributed by atoms with Crippen molar-refractivity contribution < 1.29 is 4.74 Å². The van der Waals surface area contributed by atoms with Gasteiger partial charge in [0.15, 0.2) is 6.19 Å². The largest absolute Gasteiger partial charge is 0.495 e. The van der Waals surface area contributed by atoms with Crippen molar-refractivity contribution in [1.29, 1.82) is 5.26 Å². The van der Waals surface area contributed by atoms with Crippen LogP contribution in [0.15, 0.2) is 12.1 Å². The average Bonchev–Trinajstić information content (AvgIpc) is 2.30. The Kier molecular flexibility index (Phi) is 4.72. The zero-order valence-electron chi connectivity index (χ0n) is 9.13. The Morgan fingerprint density at radius 1 is 1.38 bits per heavy atom. The minimum Gasteiger partial charge on any atom is -0.495 e. The first-order valence-electron chi connectivity index (χ1n) is 4.72. The third kappa shape index (κ3) is 2.94. The third-order valence-corrected chi connectivity index (χ3v) is 3.14. The van der Waals surface area contributed by atoms with Crippen LogP contribution in [0.2, 0.25) is 10.0 Å². The molecule has 3 nitrogen and oxygen atoms in total. The molecule has 0 aliphatic carbocycles. The summed E-state index contributed by atoms with van der Waals surface area (Å²) < 4.78 is 5.05. The van der Waals surface area contributed by atoms with Gasteiger partial charge in [-0.25, -0.2) is 0 Å². The maximum absolute atomic E-state index is 8.62. The SMILES string of the molecule is COc1ccc(CCN(C)C#N)c(Cl)c1Cl. The van der Waals surface area contributed by atoms with E-state index in [9.17, 15) is 0 Å². The maximum atomic E-state index is 8.62. The van der Waals surface area contributed by atoms with Gasteiger partial charge in [-0.3, -0.25) is 0 Å². The zero-order chi connectivity index (χ0) is 12.1. The molecule has 0 radical (unpaired) electrons. The molecule has 1 rings (SSSR count). The van der Waals surface area contributed by atoms with Crippen molar-refractivity contribution in [3.05, 3.63) is 27.7 Å². The van der Waals surface area contributed by atoms with Crippen LogP contribution in [-0.4, -0.2) is 25.6 Å². The summed E-state index contributed by atoms with van der Waals surface area (Å²) in [5.74, 6) is 0.559. The zero-order valence-corrected chi connectivity index (χ0v) is 10.6. The van der Waals surface area contributed by atoms with Crippen LogP contribution in [0.3, 0.4) is 0 Å². The molecule has 0 atom stereocenters. The van der Waals surface area contributed by atoms with E-state index in [4.69, 9.17) is 33.2 Å². The molecule has 0 spiro atoms. The van der Waals surface area contributed by atoms with Crippen molar-refractivity contribution in [1.82, 2.24) is 4.90 Å². The van der Waals surface area contributed by atoms with Crippen LogP contribution in [0.1, 0.15) is 5.56 Å². The summed E-state index contributed by atoms with van der Waals surface area (Å²) in [4.78, 5) is 1.54. The Hall–Kier alpha value is -1.11. The molecule has 1 aromatic carbocycles. The van der Waals surface area contributed by atoms with Crippen LogP contribution < -0.4 is 4.74 Å². The van der Waals surface area contributed by atoms with E-state index in [0.717, 1.165) is 5.56 Å². The van der Waals surface area contributed by atoms with Crippen LogP contribution in [0, 0.1) is 11.5 Å². The number of ether oxygens (including phenoxy) is 1. The Balaban J connectivity index is 2.83. The molecule has 0 aliphatic rings. The monoisotopic (exact) mass is 258 g/mol. The number of benzene rings is 1. The fraction of sp³-hybridized carbons (Fsp3) is 0.364. The van der Waals surface area contributed by atoms with Crippen LogP contribution in [0.4, 0.5) is 0 Å². The Labute approximate surface area is 105 Å². The van der Waals surface area contributed by atoms with E-state index in [1.165, 1.54) is 4.90 Å². The van der Waals surface area contributed by atoms with Crippen molar-refractivity contribution in [2.75, 3.05) is 20.7 Å². The Morgan fingerprint density at radius 3 is 2.62 bits per heavy atom. The van der Waals surface area contributed by atoms with Gasteiger partial charge in [0.25, 0.3) is 0 Å². The van der Waals surface area contributed by atoms with Gasteiger partial charge in [0.2, 0.25) is 0 Å². The maximum Gasteiger partial charge on any atom is 0.179 e. The number of nitriles is 1. The molecule has 0 aliphatic heterocycles. The minimum absolute atomic E-state index is 0.418. The van der Waals surface area contributed by atoms with Gasteiger partial charge in [-0.1, -0.05) is 29.3 Å². The highest BCUT2D eigenvalue weighted by Crippen LogP contribution is 2.34. The number of likely N-dealkylation sites (N-methyl/N-ethyl adjacent to an activating group) is 1. The van der Waals surface area contributed by atoms with Gasteiger partial charge in [0.05, 0.1) is 12.1 Å². The summed E-state index contributed by atoms with van der Waals surface area (Å²) >= 11 is 12.1. The van der Waals surface area contributed by atoms with Crippen LogP contribution >= 0.6 is 23.2 Å². The molecular formula is C11H12Cl2N2O. The lowest BCUT2D eigenvalue weighted by atomic mass is 10.1. The molecule has 0 heterocycles. The first-order valence-corrected chi connectivity index (χ1v) is 5.47. The standard InChI is InChI=1S/C11H12Cl2N2O/c1-15(7-14)6-5-8-3-4-9(16-2)11(13)10(8)12/h3-4H,5-6H2,1-2H3. The summed E-state index contributed by atoms with van der Waals surface area (Å²) in [5, 5.41) is 9.53. The van der Waals surface area contributed by atoms with Crippen LogP contribution in [0.25, 0.3) is 0 Å². The van der Waals surface area contributed by atoms with Crippen molar-refractivity contribution in [3.8, 4) is 11.9 Å².